The average Bonchev–Trinajstić information content (AvgIpc) is 2.81. The molecule has 110 valence electrons. The molecule has 0 unspecified atom stereocenters. The van der Waals surface area contributed by atoms with Crippen molar-refractivity contribution in [2.24, 2.45) is 12.5 Å². The highest BCUT2D eigenvalue weighted by Crippen LogP contribution is 2.41. The molecule has 20 heavy (non-hydrogen) atoms. The van der Waals surface area contributed by atoms with Gasteiger partial charge in [0, 0.05) is 38.6 Å². The first-order valence-electron chi connectivity index (χ1n) is 7.51. The Balaban J connectivity index is 1.66. The molecule has 2 aliphatic rings. The Morgan fingerprint density at radius 1 is 1.40 bits per heavy atom. The molecular weight excluding hydrogens is 252 g/mol. The minimum absolute atomic E-state index is 0.103. The molecule has 1 aromatic rings. The summed E-state index contributed by atoms with van der Waals surface area (Å²) in [6, 6.07) is 0.332. The van der Waals surface area contributed by atoms with Crippen LogP contribution in [0.1, 0.15) is 32.5 Å². The van der Waals surface area contributed by atoms with Crippen LogP contribution in [0.15, 0.2) is 12.4 Å². The van der Waals surface area contributed by atoms with E-state index in [1.165, 1.54) is 0 Å². The SMILES string of the molecule is CC(C)N1C[C@@]2(CCCN(Cc3nccn3C)C2)C1=O. The Hall–Kier alpha value is -1.36. The normalized spacial score (nSPS) is 27.4. The molecular formula is C15H24N4O. The lowest BCUT2D eigenvalue weighted by molar-refractivity contribution is -0.169. The second-order valence-electron chi connectivity index (χ2n) is 6.58. The topological polar surface area (TPSA) is 41.4 Å². The maximum Gasteiger partial charge on any atom is 0.232 e. The summed E-state index contributed by atoms with van der Waals surface area (Å²) in [5.74, 6) is 1.44. The zero-order chi connectivity index (χ0) is 14.3. The quantitative estimate of drug-likeness (QED) is 0.780. The smallest absolute Gasteiger partial charge is 0.232 e. The number of amides is 1. The molecule has 1 spiro atoms. The number of imidazole rings is 1. The highest BCUT2D eigenvalue weighted by atomic mass is 16.2. The number of rotatable bonds is 3. The molecule has 2 saturated heterocycles. The van der Waals surface area contributed by atoms with E-state index in [4.69, 9.17) is 0 Å². The fourth-order valence-electron chi connectivity index (χ4n) is 3.51. The molecule has 3 rings (SSSR count). The van der Waals surface area contributed by atoms with Crippen LogP contribution in [0.2, 0.25) is 0 Å². The van der Waals surface area contributed by atoms with Crippen molar-refractivity contribution >= 4 is 5.91 Å². The number of likely N-dealkylation sites (tertiary alicyclic amines) is 2. The standard InChI is InChI=1S/C15H24N4O/c1-12(2)19-11-15(14(19)20)5-4-7-18(10-15)9-13-16-6-8-17(13)3/h6,8,12H,4-5,7,9-11H2,1-3H3/t15-/m0/s1. The Morgan fingerprint density at radius 3 is 2.80 bits per heavy atom. The van der Waals surface area contributed by atoms with Gasteiger partial charge in [0.2, 0.25) is 5.91 Å². The van der Waals surface area contributed by atoms with E-state index in [1.807, 2.05) is 24.3 Å². The number of aryl methyl sites for hydroxylation is 1. The molecule has 3 heterocycles. The maximum atomic E-state index is 12.5. The van der Waals surface area contributed by atoms with Gasteiger partial charge in [-0.3, -0.25) is 9.69 Å². The zero-order valence-corrected chi connectivity index (χ0v) is 12.7. The lowest BCUT2D eigenvalue weighted by atomic mass is 9.72. The van der Waals surface area contributed by atoms with Crippen LogP contribution in [0.3, 0.4) is 0 Å². The van der Waals surface area contributed by atoms with Crippen LogP contribution in [-0.2, 0) is 18.4 Å². The number of hydrogen-bond acceptors (Lipinski definition) is 3. The Bertz CT molecular complexity index is 510. The molecule has 5 nitrogen and oxygen atoms in total. The van der Waals surface area contributed by atoms with Crippen molar-refractivity contribution in [3.8, 4) is 0 Å². The van der Waals surface area contributed by atoms with Crippen LogP contribution in [0.5, 0.6) is 0 Å². The van der Waals surface area contributed by atoms with Gasteiger partial charge in [-0.2, -0.15) is 0 Å². The third-order valence-corrected chi connectivity index (χ3v) is 4.75. The van der Waals surface area contributed by atoms with Crippen LogP contribution < -0.4 is 0 Å². The van der Waals surface area contributed by atoms with Gasteiger partial charge in [-0.25, -0.2) is 4.98 Å². The van der Waals surface area contributed by atoms with E-state index in [1.54, 1.807) is 0 Å². The minimum atomic E-state index is -0.103. The van der Waals surface area contributed by atoms with E-state index in [-0.39, 0.29) is 5.41 Å². The van der Waals surface area contributed by atoms with Gasteiger partial charge in [-0.1, -0.05) is 0 Å². The van der Waals surface area contributed by atoms with Crippen molar-refractivity contribution in [2.75, 3.05) is 19.6 Å². The van der Waals surface area contributed by atoms with E-state index in [0.717, 1.165) is 44.8 Å². The molecule has 0 radical (unpaired) electrons. The van der Waals surface area contributed by atoms with E-state index in [2.05, 4.69) is 28.3 Å². The summed E-state index contributed by atoms with van der Waals surface area (Å²) in [6.45, 7) is 7.94. The second kappa shape index (κ2) is 4.88. The van der Waals surface area contributed by atoms with Crippen molar-refractivity contribution in [3.63, 3.8) is 0 Å². The van der Waals surface area contributed by atoms with Crippen LogP contribution in [0.25, 0.3) is 0 Å². The summed E-state index contributed by atoms with van der Waals surface area (Å²) < 4.78 is 2.06. The summed E-state index contributed by atoms with van der Waals surface area (Å²) in [6.07, 6.45) is 5.97. The van der Waals surface area contributed by atoms with Crippen LogP contribution in [-0.4, -0.2) is 50.9 Å². The maximum absolute atomic E-state index is 12.5. The highest BCUT2D eigenvalue weighted by molar-refractivity contribution is 5.89. The number of nitrogens with zero attached hydrogens (tertiary/aromatic N) is 4. The summed E-state index contributed by atoms with van der Waals surface area (Å²) in [5.41, 5.74) is -0.103. The predicted octanol–water partition coefficient (Wildman–Crippen LogP) is 1.25. The molecule has 2 fully saturated rings. The van der Waals surface area contributed by atoms with Crippen LogP contribution in [0.4, 0.5) is 0 Å². The van der Waals surface area contributed by atoms with Crippen molar-refractivity contribution in [1.82, 2.24) is 19.4 Å². The Morgan fingerprint density at radius 2 is 2.20 bits per heavy atom. The molecule has 1 atom stereocenters. The third kappa shape index (κ3) is 2.14. The summed E-state index contributed by atoms with van der Waals surface area (Å²) in [7, 11) is 2.02. The molecule has 0 bridgehead atoms. The van der Waals surface area contributed by atoms with Gasteiger partial charge >= 0.3 is 0 Å². The zero-order valence-electron chi connectivity index (χ0n) is 12.7. The Kier molecular flexibility index (Phi) is 3.32. The fraction of sp³-hybridized carbons (Fsp3) is 0.733. The molecule has 1 amide bonds. The second-order valence-corrected chi connectivity index (χ2v) is 6.58. The highest BCUT2D eigenvalue weighted by Gasteiger charge is 2.54. The van der Waals surface area contributed by atoms with Gasteiger partial charge in [-0.15, -0.1) is 0 Å². The molecule has 0 aromatic carbocycles. The van der Waals surface area contributed by atoms with Crippen molar-refractivity contribution in [3.05, 3.63) is 18.2 Å². The number of piperidine rings is 1. The third-order valence-electron chi connectivity index (χ3n) is 4.75. The molecule has 1 aromatic heterocycles. The van der Waals surface area contributed by atoms with Gasteiger partial charge in [-0.05, 0) is 33.2 Å². The lowest BCUT2D eigenvalue weighted by Crippen LogP contribution is -2.68. The van der Waals surface area contributed by atoms with E-state index < -0.39 is 0 Å². The van der Waals surface area contributed by atoms with E-state index >= 15 is 0 Å². The van der Waals surface area contributed by atoms with Gasteiger partial charge in [0.1, 0.15) is 5.82 Å². The number of aromatic nitrogens is 2. The first-order chi connectivity index (χ1) is 9.52. The predicted molar refractivity (Wildman–Crippen MR) is 77.0 cm³/mol. The van der Waals surface area contributed by atoms with Gasteiger partial charge in [0.05, 0.1) is 12.0 Å². The molecule has 0 saturated carbocycles. The molecule has 0 N–H and O–H groups in total. The summed E-state index contributed by atoms with van der Waals surface area (Å²) in [4.78, 5) is 21.3. The van der Waals surface area contributed by atoms with E-state index in [9.17, 15) is 4.79 Å². The Labute approximate surface area is 120 Å². The van der Waals surface area contributed by atoms with Crippen LogP contribution >= 0.6 is 0 Å². The van der Waals surface area contributed by atoms with Gasteiger partial charge in [0.15, 0.2) is 0 Å². The molecule has 5 heteroatoms. The number of hydrogen-bond donors (Lipinski definition) is 0. The number of β-lactam (4-membered cyclic amide) rings is 1. The average molecular weight is 276 g/mol. The first-order valence-corrected chi connectivity index (χ1v) is 7.51. The first kappa shape index (κ1) is 13.6. The van der Waals surface area contributed by atoms with Gasteiger partial charge in [0.25, 0.3) is 0 Å². The monoisotopic (exact) mass is 276 g/mol. The minimum Gasteiger partial charge on any atom is -0.339 e. The lowest BCUT2D eigenvalue weighted by Gasteiger charge is -2.54. The molecule has 0 aliphatic carbocycles. The van der Waals surface area contributed by atoms with Crippen molar-refractivity contribution < 1.29 is 4.79 Å². The van der Waals surface area contributed by atoms with Gasteiger partial charge < -0.3 is 9.47 Å². The van der Waals surface area contributed by atoms with Crippen molar-refractivity contribution in [2.45, 2.75) is 39.3 Å². The van der Waals surface area contributed by atoms with Crippen LogP contribution in [0, 0.1) is 5.41 Å². The number of carbonyl (C=O) groups is 1. The summed E-state index contributed by atoms with van der Waals surface area (Å²) >= 11 is 0. The van der Waals surface area contributed by atoms with Crippen molar-refractivity contribution in [1.29, 1.82) is 0 Å². The number of carbonyl (C=O) groups excluding carboxylic acids is 1. The molecule has 2 aliphatic heterocycles. The largest absolute Gasteiger partial charge is 0.339 e. The van der Waals surface area contributed by atoms with E-state index in [0.29, 0.717) is 11.9 Å². The summed E-state index contributed by atoms with van der Waals surface area (Å²) in [5, 5.41) is 0. The fourth-order valence-corrected chi connectivity index (χ4v) is 3.51.